The fraction of sp³-hybridized carbons (Fsp3) is 0.917. The van der Waals surface area contributed by atoms with Crippen molar-refractivity contribution in [2.24, 2.45) is 22.6 Å². The van der Waals surface area contributed by atoms with E-state index in [-0.39, 0.29) is 0 Å². The number of aliphatic imine (C=N–C) groups is 1. The SMILES string of the molecule is CCC(C)CC(C)NC(N)=NCC(C)C. The van der Waals surface area contributed by atoms with Crippen molar-refractivity contribution in [1.29, 1.82) is 0 Å². The Labute approximate surface area is 94.5 Å². The van der Waals surface area contributed by atoms with E-state index in [1.807, 2.05) is 0 Å². The van der Waals surface area contributed by atoms with Crippen LogP contribution in [0.4, 0.5) is 0 Å². The Morgan fingerprint density at radius 1 is 1.27 bits per heavy atom. The van der Waals surface area contributed by atoms with Crippen molar-refractivity contribution < 1.29 is 0 Å². The molecule has 0 aliphatic rings. The van der Waals surface area contributed by atoms with E-state index in [1.165, 1.54) is 6.42 Å². The van der Waals surface area contributed by atoms with Gasteiger partial charge in [0.2, 0.25) is 0 Å². The molecule has 0 aliphatic heterocycles. The third-order valence-electron chi connectivity index (χ3n) is 2.47. The monoisotopic (exact) mass is 213 g/mol. The molecule has 0 fully saturated rings. The second-order valence-electron chi connectivity index (χ2n) is 4.91. The van der Waals surface area contributed by atoms with Crippen LogP contribution in [0.3, 0.4) is 0 Å². The number of hydrogen-bond acceptors (Lipinski definition) is 1. The average Bonchev–Trinajstić information content (AvgIpc) is 2.14. The van der Waals surface area contributed by atoms with Gasteiger partial charge in [0, 0.05) is 12.6 Å². The molecule has 3 nitrogen and oxygen atoms in total. The van der Waals surface area contributed by atoms with Gasteiger partial charge in [-0.05, 0) is 25.2 Å². The molecule has 90 valence electrons. The van der Waals surface area contributed by atoms with E-state index in [9.17, 15) is 0 Å². The molecule has 0 heterocycles. The standard InChI is InChI=1S/C12H27N3/c1-6-10(4)7-11(5)15-12(13)14-8-9(2)3/h9-11H,6-8H2,1-5H3,(H3,13,14,15). The summed E-state index contributed by atoms with van der Waals surface area (Å²) in [5, 5.41) is 3.23. The molecule has 3 N–H and O–H groups in total. The van der Waals surface area contributed by atoms with Gasteiger partial charge in [-0.1, -0.05) is 34.1 Å². The van der Waals surface area contributed by atoms with E-state index in [0.29, 0.717) is 17.9 Å². The second kappa shape index (κ2) is 7.55. The highest BCUT2D eigenvalue weighted by molar-refractivity contribution is 5.78. The van der Waals surface area contributed by atoms with Gasteiger partial charge in [0.15, 0.2) is 5.96 Å². The zero-order chi connectivity index (χ0) is 11.8. The maximum absolute atomic E-state index is 5.78. The summed E-state index contributed by atoms with van der Waals surface area (Å²) in [6.45, 7) is 11.7. The molecular weight excluding hydrogens is 186 g/mol. The predicted octanol–water partition coefficient (Wildman–Crippen LogP) is 2.37. The Hall–Kier alpha value is -0.730. The zero-order valence-electron chi connectivity index (χ0n) is 10.9. The van der Waals surface area contributed by atoms with Crippen molar-refractivity contribution in [3.05, 3.63) is 0 Å². The number of nitrogens with zero attached hydrogens (tertiary/aromatic N) is 1. The Morgan fingerprint density at radius 2 is 1.87 bits per heavy atom. The van der Waals surface area contributed by atoms with Gasteiger partial charge in [-0.15, -0.1) is 0 Å². The highest BCUT2D eigenvalue weighted by Gasteiger charge is 2.07. The van der Waals surface area contributed by atoms with Crippen molar-refractivity contribution >= 4 is 5.96 Å². The van der Waals surface area contributed by atoms with E-state index in [4.69, 9.17) is 5.73 Å². The van der Waals surface area contributed by atoms with Crippen LogP contribution in [0.2, 0.25) is 0 Å². The smallest absolute Gasteiger partial charge is 0.188 e. The molecule has 15 heavy (non-hydrogen) atoms. The third-order valence-corrected chi connectivity index (χ3v) is 2.47. The van der Waals surface area contributed by atoms with Crippen LogP contribution in [0.15, 0.2) is 4.99 Å². The lowest BCUT2D eigenvalue weighted by Crippen LogP contribution is -2.39. The van der Waals surface area contributed by atoms with Gasteiger partial charge in [0.05, 0.1) is 0 Å². The van der Waals surface area contributed by atoms with Gasteiger partial charge in [-0.2, -0.15) is 0 Å². The molecule has 0 saturated heterocycles. The van der Waals surface area contributed by atoms with Gasteiger partial charge in [-0.3, -0.25) is 4.99 Å². The molecule has 2 atom stereocenters. The Balaban J connectivity index is 3.84. The van der Waals surface area contributed by atoms with Crippen LogP contribution in [0, 0.1) is 11.8 Å². The molecule has 0 aromatic carbocycles. The molecule has 0 radical (unpaired) electrons. The average molecular weight is 213 g/mol. The largest absolute Gasteiger partial charge is 0.370 e. The van der Waals surface area contributed by atoms with Crippen LogP contribution in [-0.2, 0) is 0 Å². The normalized spacial score (nSPS) is 16.5. The summed E-state index contributed by atoms with van der Waals surface area (Å²) in [5.74, 6) is 1.89. The van der Waals surface area contributed by atoms with E-state index in [0.717, 1.165) is 18.9 Å². The minimum atomic E-state index is 0.413. The van der Waals surface area contributed by atoms with E-state index >= 15 is 0 Å². The molecule has 3 heteroatoms. The Morgan fingerprint density at radius 3 is 2.33 bits per heavy atom. The molecule has 0 rings (SSSR count). The lowest BCUT2D eigenvalue weighted by molar-refractivity contribution is 0.447. The summed E-state index contributed by atoms with van der Waals surface area (Å²) in [6.07, 6.45) is 2.36. The van der Waals surface area contributed by atoms with Crippen LogP contribution < -0.4 is 11.1 Å². The Kier molecular flexibility index (Phi) is 7.18. The van der Waals surface area contributed by atoms with Crippen LogP contribution in [0.5, 0.6) is 0 Å². The van der Waals surface area contributed by atoms with Gasteiger partial charge >= 0.3 is 0 Å². The fourth-order valence-corrected chi connectivity index (χ4v) is 1.41. The highest BCUT2D eigenvalue weighted by atomic mass is 15.1. The molecule has 0 aromatic heterocycles. The lowest BCUT2D eigenvalue weighted by Gasteiger charge is -2.18. The molecule has 0 aliphatic carbocycles. The molecule has 0 spiro atoms. The minimum Gasteiger partial charge on any atom is -0.370 e. The van der Waals surface area contributed by atoms with Gasteiger partial charge < -0.3 is 11.1 Å². The number of nitrogens with two attached hydrogens (primary N) is 1. The highest BCUT2D eigenvalue weighted by Crippen LogP contribution is 2.08. The van der Waals surface area contributed by atoms with E-state index in [2.05, 4.69) is 44.9 Å². The molecule has 0 amide bonds. The molecular formula is C12H27N3. The first-order chi connectivity index (χ1) is 6.95. The number of hydrogen-bond donors (Lipinski definition) is 2. The summed E-state index contributed by atoms with van der Waals surface area (Å²) in [7, 11) is 0. The summed E-state index contributed by atoms with van der Waals surface area (Å²) in [6, 6.07) is 0.413. The predicted molar refractivity (Wildman–Crippen MR) is 68.0 cm³/mol. The molecule has 0 saturated carbocycles. The van der Waals surface area contributed by atoms with Crippen molar-refractivity contribution in [3.63, 3.8) is 0 Å². The van der Waals surface area contributed by atoms with Crippen LogP contribution in [0.1, 0.15) is 47.5 Å². The van der Waals surface area contributed by atoms with Gasteiger partial charge in [0.1, 0.15) is 0 Å². The lowest BCUT2D eigenvalue weighted by atomic mass is 10.0. The van der Waals surface area contributed by atoms with E-state index < -0.39 is 0 Å². The number of rotatable bonds is 6. The number of guanidine groups is 1. The summed E-state index contributed by atoms with van der Waals surface area (Å²) in [4.78, 5) is 4.28. The van der Waals surface area contributed by atoms with Crippen LogP contribution >= 0.6 is 0 Å². The first kappa shape index (κ1) is 14.3. The number of nitrogens with one attached hydrogen (secondary N) is 1. The van der Waals surface area contributed by atoms with Crippen LogP contribution in [-0.4, -0.2) is 18.5 Å². The van der Waals surface area contributed by atoms with Crippen molar-refractivity contribution in [1.82, 2.24) is 5.32 Å². The minimum absolute atomic E-state index is 0.413. The molecule has 0 aromatic rings. The maximum atomic E-state index is 5.78. The quantitative estimate of drug-likeness (QED) is 0.526. The summed E-state index contributed by atoms with van der Waals surface area (Å²) >= 11 is 0. The van der Waals surface area contributed by atoms with Crippen molar-refractivity contribution in [2.45, 2.75) is 53.5 Å². The van der Waals surface area contributed by atoms with Crippen LogP contribution in [0.25, 0.3) is 0 Å². The summed E-state index contributed by atoms with van der Waals surface area (Å²) < 4.78 is 0. The zero-order valence-corrected chi connectivity index (χ0v) is 10.9. The fourth-order valence-electron chi connectivity index (χ4n) is 1.41. The third kappa shape index (κ3) is 8.28. The second-order valence-corrected chi connectivity index (χ2v) is 4.91. The first-order valence-electron chi connectivity index (χ1n) is 6.02. The molecule has 0 bridgehead atoms. The van der Waals surface area contributed by atoms with E-state index in [1.54, 1.807) is 0 Å². The Bertz CT molecular complexity index is 187. The first-order valence-corrected chi connectivity index (χ1v) is 6.02. The molecule has 2 unspecified atom stereocenters. The van der Waals surface area contributed by atoms with Gasteiger partial charge in [-0.25, -0.2) is 0 Å². The van der Waals surface area contributed by atoms with Gasteiger partial charge in [0.25, 0.3) is 0 Å². The van der Waals surface area contributed by atoms with Crippen molar-refractivity contribution in [2.75, 3.05) is 6.54 Å². The summed E-state index contributed by atoms with van der Waals surface area (Å²) in [5.41, 5.74) is 5.78. The topological polar surface area (TPSA) is 50.4 Å². The van der Waals surface area contributed by atoms with Crippen molar-refractivity contribution in [3.8, 4) is 0 Å². The maximum Gasteiger partial charge on any atom is 0.188 e.